The van der Waals surface area contributed by atoms with Crippen LogP contribution in [0.3, 0.4) is 0 Å². The van der Waals surface area contributed by atoms with Crippen LogP contribution in [0, 0.1) is 11.3 Å². The number of hydrogen-bond acceptors (Lipinski definition) is 3. The Morgan fingerprint density at radius 3 is 2.94 bits per heavy atom. The fourth-order valence-electron chi connectivity index (χ4n) is 2.03. The molecular formula is C13H16N2O. The average molecular weight is 216 g/mol. The minimum absolute atomic E-state index is 0.0308. The maximum absolute atomic E-state index is 8.64. The minimum Gasteiger partial charge on any atom is -0.359 e. The maximum Gasteiger partial charge on any atom is 0.136 e. The Morgan fingerprint density at radius 1 is 1.38 bits per heavy atom. The normalized spacial score (nSPS) is 21.6. The molecule has 1 aliphatic rings. The van der Waals surface area contributed by atoms with Gasteiger partial charge in [-0.1, -0.05) is 30.3 Å². The standard InChI is InChI=1S/C13H16N2O/c14-8-4-9-15-10-5-11-16-13(15)12-6-2-1-3-7-12/h1-3,6-7,13H,4-5,9-11H2. The molecule has 0 bridgehead atoms. The summed E-state index contributed by atoms with van der Waals surface area (Å²) in [5, 5.41) is 8.64. The largest absolute Gasteiger partial charge is 0.359 e. The highest BCUT2D eigenvalue weighted by atomic mass is 16.5. The molecule has 0 saturated carbocycles. The first kappa shape index (κ1) is 11.1. The lowest BCUT2D eigenvalue weighted by molar-refractivity contribution is -0.0973. The van der Waals surface area contributed by atoms with Crippen LogP contribution in [-0.2, 0) is 4.74 Å². The number of benzene rings is 1. The molecule has 3 heteroatoms. The lowest BCUT2D eigenvalue weighted by Crippen LogP contribution is -2.37. The van der Waals surface area contributed by atoms with Crippen LogP contribution in [0.15, 0.2) is 30.3 Å². The van der Waals surface area contributed by atoms with E-state index >= 15 is 0 Å². The molecule has 1 unspecified atom stereocenters. The van der Waals surface area contributed by atoms with E-state index in [1.165, 1.54) is 5.56 Å². The van der Waals surface area contributed by atoms with Crippen molar-refractivity contribution in [1.29, 1.82) is 5.26 Å². The second-order valence-corrected chi connectivity index (χ2v) is 3.93. The van der Waals surface area contributed by atoms with Crippen molar-refractivity contribution in [2.24, 2.45) is 0 Å². The van der Waals surface area contributed by atoms with Gasteiger partial charge in [-0.3, -0.25) is 4.90 Å². The number of ether oxygens (including phenoxy) is 1. The van der Waals surface area contributed by atoms with Crippen molar-refractivity contribution in [2.75, 3.05) is 19.7 Å². The summed E-state index contributed by atoms with van der Waals surface area (Å²) in [7, 11) is 0. The third kappa shape index (κ3) is 2.60. The zero-order valence-corrected chi connectivity index (χ0v) is 9.30. The maximum atomic E-state index is 8.64. The van der Waals surface area contributed by atoms with Gasteiger partial charge in [-0.2, -0.15) is 5.26 Å². The highest BCUT2D eigenvalue weighted by molar-refractivity contribution is 5.17. The molecule has 0 spiro atoms. The van der Waals surface area contributed by atoms with Gasteiger partial charge in [0.15, 0.2) is 0 Å². The first-order valence-corrected chi connectivity index (χ1v) is 5.69. The molecule has 1 heterocycles. The van der Waals surface area contributed by atoms with Crippen molar-refractivity contribution in [3.8, 4) is 6.07 Å². The van der Waals surface area contributed by atoms with Crippen LogP contribution >= 0.6 is 0 Å². The SMILES string of the molecule is N#CCCN1CCCOC1c1ccccc1. The Balaban J connectivity index is 2.08. The quantitative estimate of drug-likeness (QED) is 0.778. The molecule has 1 aromatic rings. The Morgan fingerprint density at radius 2 is 2.19 bits per heavy atom. The second kappa shape index (κ2) is 5.64. The van der Waals surface area contributed by atoms with E-state index in [9.17, 15) is 0 Å². The van der Waals surface area contributed by atoms with Crippen molar-refractivity contribution < 1.29 is 4.74 Å². The fraction of sp³-hybridized carbons (Fsp3) is 0.462. The predicted molar refractivity (Wildman–Crippen MR) is 61.6 cm³/mol. The molecular weight excluding hydrogens is 200 g/mol. The van der Waals surface area contributed by atoms with Crippen LogP contribution in [-0.4, -0.2) is 24.6 Å². The van der Waals surface area contributed by atoms with E-state index in [1.54, 1.807) is 0 Å². The van der Waals surface area contributed by atoms with E-state index < -0.39 is 0 Å². The molecule has 84 valence electrons. The van der Waals surface area contributed by atoms with E-state index in [0.29, 0.717) is 6.42 Å². The Labute approximate surface area is 96.2 Å². The topological polar surface area (TPSA) is 36.3 Å². The predicted octanol–water partition coefficient (Wildman–Crippen LogP) is 2.32. The molecule has 0 amide bonds. The van der Waals surface area contributed by atoms with Crippen LogP contribution < -0.4 is 0 Å². The van der Waals surface area contributed by atoms with Crippen LogP contribution in [0.4, 0.5) is 0 Å². The molecule has 1 saturated heterocycles. The van der Waals surface area contributed by atoms with Crippen molar-refractivity contribution in [3.63, 3.8) is 0 Å². The number of nitrogens with zero attached hydrogens (tertiary/aromatic N) is 2. The first-order chi connectivity index (χ1) is 7.92. The summed E-state index contributed by atoms with van der Waals surface area (Å²) in [4.78, 5) is 2.24. The Bertz CT molecular complexity index is 358. The third-order valence-electron chi connectivity index (χ3n) is 2.79. The van der Waals surface area contributed by atoms with Crippen LogP contribution in [0.5, 0.6) is 0 Å². The Hall–Kier alpha value is -1.37. The minimum atomic E-state index is 0.0308. The molecule has 1 fully saturated rings. The van der Waals surface area contributed by atoms with Gasteiger partial charge in [0, 0.05) is 19.5 Å². The number of hydrogen-bond donors (Lipinski definition) is 0. The van der Waals surface area contributed by atoms with E-state index in [4.69, 9.17) is 10.00 Å². The van der Waals surface area contributed by atoms with Crippen molar-refractivity contribution in [1.82, 2.24) is 4.90 Å². The van der Waals surface area contributed by atoms with Gasteiger partial charge in [-0.15, -0.1) is 0 Å². The van der Waals surface area contributed by atoms with Crippen molar-refractivity contribution in [3.05, 3.63) is 35.9 Å². The first-order valence-electron chi connectivity index (χ1n) is 5.69. The highest BCUT2D eigenvalue weighted by Crippen LogP contribution is 2.25. The van der Waals surface area contributed by atoms with Gasteiger partial charge in [-0.25, -0.2) is 0 Å². The van der Waals surface area contributed by atoms with Gasteiger partial charge in [0.05, 0.1) is 12.7 Å². The van der Waals surface area contributed by atoms with Gasteiger partial charge < -0.3 is 4.74 Å². The summed E-state index contributed by atoms with van der Waals surface area (Å²) >= 11 is 0. The van der Waals surface area contributed by atoms with Crippen molar-refractivity contribution in [2.45, 2.75) is 19.1 Å². The van der Waals surface area contributed by atoms with Gasteiger partial charge in [-0.05, 0) is 12.0 Å². The van der Waals surface area contributed by atoms with E-state index in [-0.39, 0.29) is 6.23 Å². The van der Waals surface area contributed by atoms with Crippen LogP contribution in [0.2, 0.25) is 0 Å². The molecule has 0 aromatic heterocycles. The van der Waals surface area contributed by atoms with Crippen molar-refractivity contribution >= 4 is 0 Å². The lowest BCUT2D eigenvalue weighted by atomic mass is 10.1. The molecule has 16 heavy (non-hydrogen) atoms. The van der Waals surface area contributed by atoms with Gasteiger partial charge in [0.1, 0.15) is 6.23 Å². The summed E-state index contributed by atoms with van der Waals surface area (Å²) in [6, 6.07) is 12.4. The summed E-state index contributed by atoms with van der Waals surface area (Å²) in [6.07, 6.45) is 1.64. The smallest absolute Gasteiger partial charge is 0.136 e. The van der Waals surface area contributed by atoms with E-state index in [2.05, 4.69) is 23.1 Å². The molecule has 3 nitrogen and oxygen atoms in total. The van der Waals surface area contributed by atoms with Crippen LogP contribution in [0.1, 0.15) is 24.6 Å². The summed E-state index contributed by atoms with van der Waals surface area (Å²) in [5.74, 6) is 0. The van der Waals surface area contributed by atoms with E-state index in [1.807, 2.05) is 18.2 Å². The van der Waals surface area contributed by atoms with E-state index in [0.717, 1.165) is 26.1 Å². The molecule has 0 aliphatic carbocycles. The molecule has 1 aromatic carbocycles. The average Bonchev–Trinajstić information content (AvgIpc) is 2.38. The third-order valence-corrected chi connectivity index (χ3v) is 2.79. The molecule has 1 aliphatic heterocycles. The fourth-order valence-corrected chi connectivity index (χ4v) is 2.03. The number of nitriles is 1. The summed E-state index contributed by atoms with van der Waals surface area (Å²) in [6.45, 7) is 2.61. The van der Waals surface area contributed by atoms with Gasteiger partial charge in [0.2, 0.25) is 0 Å². The molecule has 1 atom stereocenters. The zero-order chi connectivity index (χ0) is 11.2. The highest BCUT2D eigenvalue weighted by Gasteiger charge is 2.23. The summed E-state index contributed by atoms with van der Waals surface area (Å²) < 4.78 is 5.79. The molecule has 2 rings (SSSR count). The molecule has 0 N–H and O–H groups in total. The number of rotatable bonds is 3. The lowest BCUT2D eigenvalue weighted by Gasteiger charge is -2.35. The molecule has 0 radical (unpaired) electrons. The monoisotopic (exact) mass is 216 g/mol. The zero-order valence-electron chi connectivity index (χ0n) is 9.30. The Kier molecular flexibility index (Phi) is 3.92. The second-order valence-electron chi connectivity index (χ2n) is 3.93. The van der Waals surface area contributed by atoms with Gasteiger partial charge in [0.25, 0.3) is 0 Å². The van der Waals surface area contributed by atoms with Crippen LogP contribution in [0.25, 0.3) is 0 Å². The van der Waals surface area contributed by atoms with Gasteiger partial charge >= 0.3 is 0 Å². The summed E-state index contributed by atoms with van der Waals surface area (Å²) in [5.41, 5.74) is 1.18.